The third kappa shape index (κ3) is 2.17. The minimum Gasteiger partial charge on any atom is -0.453 e. The maximum Gasteiger partial charge on any atom is 0.325 e. The van der Waals surface area contributed by atoms with Gasteiger partial charge in [-0.3, -0.25) is 14.5 Å². The number of hydrogen-bond acceptors (Lipinski definition) is 4. The number of amides is 3. The number of carbonyl (C=O) groups excluding carboxylic acids is 3. The summed E-state index contributed by atoms with van der Waals surface area (Å²) in [6.45, 7) is 1.47. The van der Waals surface area contributed by atoms with Gasteiger partial charge in [0.2, 0.25) is 5.78 Å². The van der Waals surface area contributed by atoms with Crippen molar-refractivity contribution < 1.29 is 18.8 Å². The van der Waals surface area contributed by atoms with Crippen LogP contribution in [0.5, 0.6) is 0 Å². The number of fused-ring (bicyclic) bond motifs is 3. The van der Waals surface area contributed by atoms with Crippen LogP contribution in [-0.4, -0.2) is 29.2 Å². The molecular formula is C22H18N2O4. The van der Waals surface area contributed by atoms with Crippen LogP contribution in [-0.2, 0) is 16.8 Å². The number of aryl methyl sites for hydroxylation is 2. The number of rotatable bonds is 3. The van der Waals surface area contributed by atoms with Crippen LogP contribution in [0.2, 0.25) is 0 Å². The Balaban J connectivity index is 1.46. The summed E-state index contributed by atoms with van der Waals surface area (Å²) in [4.78, 5) is 39.7. The van der Waals surface area contributed by atoms with Crippen LogP contribution in [0.1, 0.15) is 33.7 Å². The molecule has 1 fully saturated rings. The number of furan rings is 1. The first kappa shape index (κ1) is 16.7. The van der Waals surface area contributed by atoms with Crippen molar-refractivity contribution >= 4 is 28.7 Å². The fraction of sp³-hybridized carbons (Fsp3) is 0.227. The first-order valence-electron chi connectivity index (χ1n) is 9.25. The molecule has 3 amide bonds. The molecule has 2 aliphatic rings. The van der Waals surface area contributed by atoms with E-state index in [2.05, 4.69) is 5.32 Å². The summed E-state index contributed by atoms with van der Waals surface area (Å²) >= 11 is 0. The Hall–Kier alpha value is -3.41. The van der Waals surface area contributed by atoms with Gasteiger partial charge in [0.1, 0.15) is 11.1 Å². The monoisotopic (exact) mass is 374 g/mol. The fourth-order valence-electron chi connectivity index (χ4n) is 4.39. The predicted octanol–water partition coefficient (Wildman–Crippen LogP) is 3.32. The number of urea groups is 1. The molecule has 1 aliphatic carbocycles. The van der Waals surface area contributed by atoms with Crippen molar-refractivity contribution in [1.82, 2.24) is 10.2 Å². The van der Waals surface area contributed by atoms with Crippen LogP contribution in [0.3, 0.4) is 0 Å². The van der Waals surface area contributed by atoms with E-state index < -0.39 is 11.6 Å². The lowest BCUT2D eigenvalue weighted by Gasteiger charge is -2.22. The number of benzene rings is 2. The molecule has 140 valence electrons. The van der Waals surface area contributed by atoms with E-state index in [0.29, 0.717) is 24.0 Å². The third-order valence-electron chi connectivity index (χ3n) is 5.82. The van der Waals surface area contributed by atoms with Gasteiger partial charge in [-0.1, -0.05) is 42.5 Å². The maximum atomic E-state index is 13.2. The number of nitrogens with zero attached hydrogens (tertiary/aromatic N) is 1. The summed E-state index contributed by atoms with van der Waals surface area (Å²) in [6.07, 6.45) is 1.22. The van der Waals surface area contributed by atoms with Gasteiger partial charge in [-0.2, -0.15) is 0 Å². The Bertz CT molecular complexity index is 1160. The standard InChI is InChI=1S/C22H18N2O4/c1-13-15-7-3-5-9-18(15)28-19(13)17(25)12-24-20(26)22(23-21(24)27)11-10-14-6-2-4-8-16(14)22/h2-9H,10-12H2,1H3,(H,23,27)/t22-/m0/s1. The smallest absolute Gasteiger partial charge is 0.325 e. The van der Waals surface area contributed by atoms with Crippen LogP contribution in [0.25, 0.3) is 11.0 Å². The summed E-state index contributed by atoms with van der Waals surface area (Å²) in [7, 11) is 0. The van der Waals surface area contributed by atoms with E-state index in [-0.39, 0.29) is 24.0 Å². The molecule has 1 aromatic heterocycles. The molecule has 0 bridgehead atoms. The van der Waals surface area contributed by atoms with Gasteiger partial charge in [-0.05, 0) is 37.0 Å². The minimum atomic E-state index is -1.06. The van der Waals surface area contributed by atoms with E-state index in [1.54, 1.807) is 13.0 Å². The van der Waals surface area contributed by atoms with Crippen molar-refractivity contribution in [1.29, 1.82) is 0 Å². The fourth-order valence-corrected chi connectivity index (χ4v) is 4.39. The van der Waals surface area contributed by atoms with Crippen LogP contribution >= 0.6 is 0 Å². The van der Waals surface area contributed by atoms with E-state index in [1.165, 1.54) is 0 Å². The molecule has 6 heteroatoms. The van der Waals surface area contributed by atoms with Gasteiger partial charge >= 0.3 is 6.03 Å². The molecule has 5 rings (SSSR count). The molecule has 1 saturated heterocycles. The Morgan fingerprint density at radius 3 is 2.71 bits per heavy atom. The zero-order chi connectivity index (χ0) is 19.5. The largest absolute Gasteiger partial charge is 0.453 e. The molecule has 2 aromatic carbocycles. The highest BCUT2D eigenvalue weighted by Crippen LogP contribution is 2.41. The molecule has 0 saturated carbocycles. The number of ketones is 1. The van der Waals surface area contributed by atoms with E-state index >= 15 is 0 Å². The van der Waals surface area contributed by atoms with Crippen molar-refractivity contribution in [3.05, 3.63) is 71.0 Å². The zero-order valence-corrected chi connectivity index (χ0v) is 15.3. The van der Waals surface area contributed by atoms with Crippen molar-refractivity contribution in [3.63, 3.8) is 0 Å². The van der Waals surface area contributed by atoms with Crippen molar-refractivity contribution in [2.24, 2.45) is 0 Å². The molecule has 1 spiro atoms. The Morgan fingerprint density at radius 2 is 1.89 bits per heavy atom. The van der Waals surface area contributed by atoms with Gasteiger partial charge in [0, 0.05) is 10.9 Å². The second-order valence-electron chi connectivity index (χ2n) is 7.36. The number of para-hydroxylation sites is 1. The Kier molecular flexibility index (Phi) is 3.46. The summed E-state index contributed by atoms with van der Waals surface area (Å²) in [5.74, 6) is -0.570. The summed E-state index contributed by atoms with van der Waals surface area (Å²) in [6, 6.07) is 14.5. The minimum absolute atomic E-state index is 0.189. The number of nitrogens with one attached hydrogen (secondary N) is 1. The molecule has 28 heavy (non-hydrogen) atoms. The number of Topliss-reactive ketones (excluding diaryl/α,β-unsaturated/α-hetero) is 1. The first-order valence-corrected chi connectivity index (χ1v) is 9.25. The lowest BCUT2D eigenvalue weighted by Crippen LogP contribution is -2.42. The number of imide groups is 1. The molecule has 0 radical (unpaired) electrons. The van der Waals surface area contributed by atoms with Gasteiger partial charge in [-0.15, -0.1) is 0 Å². The summed E-state index contributed by atoms with van der Waals surface area (Å²) < 4.78 is 5.70. The normalized spacial score (nSPS) is 20.8. The second-order valence-corrected chi connectivity index (χ2v) is 7.36. The van der Waals surface area contributed by atoms with Gasteiger partial charge in [0.25, 0.3) is 5.91 Å². The molecule has 2 heterocycles. The number of carbonyl (C=O) groups is 3. The van der Waals surface area contributed by atoms with Crippen LogP contribution < -0.4 is 5.32 Å². The van der Waals surface area contributed by atoms with Crippen molar-refractivity contribution in [2.45, 2.75) is 25.3 Å². The highest BCUT2D eigenvalue weighted by Gasteiger charge is 2.55. The molecular weight excluding hydrogens is 356 g/mol. The molecule has 1 aliphatic heterocycles. The highest BCUT2D eigenvalue weighted by molar-refractivity contribution is 6.12. The van der Waals surface area contributed by atoms with E-state index in [4.69, 9.17) is 4.42 Å². The summed E-state index contributed by atoms with van der Waals surface area (Å²) in [5.41, 5.74) is 2.15. The molecule has 3 aromatic rings. The van der Waals surface area contributed by atoms with Crippen LogP contribution in [0.15, 0.2) is 52.9 Å². The number of hydrogen-bond donors (Lipinski definition) is 1. The van der Waals surface area contributed by atoms with E-state index in [1.807, 2.05) is 42.5 Å². The topological polar surface area (TPSA) is 79.6 Å². The van der Waals surface area contributed by atoms with Gasteiger partial charge < -0.3 is 9.73 Å². The lowest BCUT2D eigenvalue weighted by molar-refractivity contribution is -0.131. The van der Waals surface area contributed by atoms with Crippen LogP contribution in [0, 0.1) is 6.92 Å². The molecule has 1 N–H and O–H groups in total. The van der Waals surface area contributed by atoms with Gasteiger partial charge in [0.15, 0.2) is 5.76 Å². The lowest BCUT2D eigenvalue weighted by atomic mass is 9.92. The van der Waals surface area contributed by atoms with Crippen molar-refractivity contribution in [2.75, 3.05) is 6.54 Å². The predicted molar refractivity (Wildman–Crippen MR) is 102 cm³/mol. The van der Waals surface area contributed by atoms with Gasteiger partial charge in [-0.25, -0.2) is 4.79 Å². The van der Waals surface area contributed by atoms with Crippen LogP contribution in [0.4, 0.5) is 4.79 Å². The first-order chi connectivity index (χ1) is 13.5. The van der Waals surface area contributed by atoms with Gasteiger partial charge in [0.05, 0.1) is 6.54 Å². The SMILES string of the molecule is Cc1c(C(=O)CN2C(=O)N[C@]3(CCc4ccccc43)C2=O)oc2ccccc12. The maximum absolute atomic E-state index is 13.2. The second kappa shape index (κ2) is 5.79. The Morgan fingerprint density at radius 1 is 1.14 bits per heavy atom. The van der Waals surface area contributed by atoms with E-state index in [9.17, 15) is 14.4 Å². The summed E-state index contributed by atoms with van der Waals surface area (Å²) in [5, 5.41) is 3.69. The molecule has 1 atom stereocenters. The molecule has 6 nitrogen and oxygen atoms in total. The quantitative estimate of drug-likeness (QED) is 0.563. The highest BCUT2D eigenvalue weighted by atomic mass is 16.3. The Labute approximate surface area is 161 Å². The van der Waals surface area contributed by atoms with E-state index in [0.717, 1.165) is 21.4 Å². The average molecular weight is 374 g/mol. The average Bonchev–Trinajstić information content (AvgIpc) is 3.32. The third-order valence-corrected chi connectivity index (χ3v) is 5.82. The molecule has 0 unspecified atom stereocenters. The van der Waals surface area contributed by atoms with Crippen molar-refractivity contribution in [3.8, 4) is 0 Å². The zero-order valence-electron chi connectivity index (χ0n) is 15.3.